The van der Waals surface area contributed by atoms with Gasteiger partial charge in [0.1, 0.15) is 0 Å². The van der Waals surface area contributed by atoms with Crippen LogP contribution in [0.15, 0.2) is 78.9 Å². The average Bonchev–Trinajstić information content (AvgIpc) is 2.80. The molecule has 3 rings (SSSR count). The van der Waals surface area contributed by atoms with Crippen molar-refractivity contribution in [2.75, 3.05) is 29.7 Å². The molecule has 3 N–H and O–H groups in total. The van der Waals surface area contributed by atoms with E-state index in [-0.39, 0.29) is 12.5 Å². The Balaban J connectivity index is 1.60. The fourth-order valence-electron chi connectivity index (χ4n) is 2.94. The number of carbonyl (C=O) groups excluding carboxylic acids is 2. The highest BCUT2D eigenvalue weighted by atomic mass is 16.5. The Labute approximate surface area is 187 Å². The molecule has 3 aromatic carbocycles. The number of amides is 3. The molecular weight excluding hydrogens is 406 g/mol. The Morgan fingerprint density at radius 1 is 0.844 bits per heavy atom. The first-order chi connectivity index (χ1) is 15.6. The summed E-state index contributed by atoms with van der Waals surface area (Å²) in [5, 5.41) is 8.24. The fourth-order valence-corrected chi connectivity index (χ4v) is 2.94. The molecule has 3 amide bonds. The normalized spacial score (nSPS) is 10.4. The van der Waals surface area contributed by atoms with Crippen molar-refractivity contribution < 1.29 is 19.1 Å². The van der Waals surface area contributed by atoms with Crippen LogP contribution in [0.25, 0.3) is 6.08 Å². The van der Waals surface area contributed by atoms with E-state index >= 15 is 0 Å². The van der Waals surface area contributed by atoms with E-state index in [1.807, 2.05) is 49.4 Å². The van der Waals surface area contributed by atoms with Crippen molar-refractivity contribution in [1.29, 1.82) is 0 Å². The van der Waals surface area contributed by atoms with Crippen molar-refractivity contribution in [3.63, 3.8) is 0 Å². The van der Waals surface area contributed by atoms with Gasteiger partial charge in [-0.15, -0.1) is 0 Å². The molecule has 0 bridgehead atoms. The van der Waals surface area contributed by atoms with Gasteiger partial charge in [0.15, 0.2) is 18.1 Å². The molecule has 164 valence electrons. The maximum absolute atomic E-state index is 12.5. The summed E-state index contributed by atoms with van der Waals surface area (Å²) in [6.07, 6.45) is 3.87. The van der Waals surface area contributed by atoms with Crippen LogP contribution in [0, 0.1) is 0 Å². The van der Waals surface area contributed by atoms with Gasteiger partial charge in [-0.3, -0.25) is 4.79 Å². The SMILES string of the molecule is CC=Cc1ccc(OCC(=O)Nc2ccccc2NC(=O)Nc2ccccc2)c(OC)c1. The average molecular weight is 431 g/mol. The lowest BCUT2D eigenvalue weighted by atomic mass is 10.2. The van der Waals surface area contributed by atoms with E-state index in [2.05, 4.69) is 16.0 Å². The van der Waals surface area contributed by atoms with Crippen LogP contribution in [0.4, 0.5) is 21.9 Å². The minimum Gasteiger partial charge on any atom is -0.493 e. The van der Waals surface area contributed by atoms with Crippen LogP contribution in [0.2, 0.25) is 0 Å². The third kappa shape index (κ3) is 6.37. The van der Waals surface area contributed by atoms with Gasteiger partial charge in [-0.25, -0.2) is 4.79 Å². The monoisotopic (exact) mass is 431 g/mol. The third-order valence-electron chi connectivity index (χ3n) is 4.39. The summed E-state index contributed by atoms with van der Waals surface area (Å²) >= 11 is 0. The summed E-state index contributed by atoms with van der Waals surface area (Å²) in [6.45, 7) is 1.71. The number of carbonyl (C=O) groups is 2. The maximum Gasteiger partial charge on any atom is 0.323 e. The Morgan fingerprint density at radius 3 is 2.22 bits per heavy atom. The van der Waals surface area contributed by atoms with Crippen molar-refractivity contribution >= 4 is 35.1 Å². The Hall–Kier alpha value is -4.26. The van der Waals surface area contributed by atoms with Gasteiger partial charge in [0.05, 0.1) is 18.5 Å². The van der Waals surface area contributed by atoms with E-state index in [4.69, 9.17) is 9.47 Å². The number of para-hydroxylation sites is 3. The second-order valence-corrected chi connectivity index (χ2v) is 6.74. The van der Waals surface area contributed by atoms with Crippen molar-refractivity contribution in [2.45, 2.75) is 6.92 Å². The quantitative estimate of drug-likeness (QED) is 0.446. The first-order valence-corrected chi connectivity index (χ1v) is 10.0. The highest BCUT2D eigenvalue weighted by Crippen LogP contribution is 2.29. The van der Waals surface area contributed by atoms with Gasteiger partial charge < -0.3 is 25.4 Å². The van der Waals surface area contributed by atoms with Crippen LogP contribution in [-0.4, -0.2) is 25.7 Å². The van der Waals surface area contributed by atoms with E-state index in [1.54, 1.807) is 49.6 Å². The van der Waals surface area contributed by atoms with Crippen molar-refractivity contribution in [3.05, 3.63) is 84.4 Å². The van der Waals surface area contributed by atoms with Crippen LogP contribution < -0.4 is 25.4 Å². The lowest BCUT2D eigenvalue weighted by molar-refractivity contribution is -0.118. The number of benzene rings is 3. The highest BCUT2D eigenvalue weighted by molar-refractivity contribution is 6.04. The number of hydrogen-bond acceptors (Lipinski definition) is 4. The molecule has 0 spiro atoms. The van der Waals surface area contributed by atoms with Gasteiger partial charge in [-0.2, -0.15) is 0 Å². The Morgan fingerprint density at radius 2 is 1.53 bits per heavy atom. The Bertz CT molecular complexity index is 1100. The van der Waals surface area contributed by atoms with Crippen molar-refractivity contribution in [2.24, 2.45) is 0 Å². The van der Waals surface area contributed by atoms with Gasteiger partial charge in [0.25, 0.3) is 5.91 Å². The van der Waals surface area contributed by atoms with Gasteiger partial charge in [0.2, 0.25) is 0 Å². The second-order valence-electron chi connectivity index (χ2n) is 6.74. The third-order valence-corrected chi connectivity index (χ3v) is 4.39. The second kappa shape index (κ2) is 11.2. The molecule has 3 aromatic rings. The number of ether oxygens (including phenoxy) is 2. The van der Waals surface area contributed by atoms with Crippen LogP contribution in [0.5, 0.6) is 11.5 Å². The number of hydrogen-bond donors (Lipinski definition) is 3. The van der Waals surface area contributed by atoms with Crippen LogP contribution >= 0.6 is 0 Å². The summed E-state index contributed by atoms with van der Waals surface area (Å²) in [6, 6.07) is 21.0. The van der Waals surface area contributed by atoms with E-state index in [0.717, 1.165) is 5.56 Å². The molecular formula is C25H25N3O4. The number of nitrogens with one attached hydrogen (secondary N) is 3. The molecule has 7 nitrogen and oxygen atoms in total. The molecule has 0 atom stereocenters. The van der Waals surface area contributed by atoms with Gasteiger partial charge in [-0.1, -0.05) is 48.6 Å². The lowest BCUT2D eigenvalue weighted by Crippen LogP contribution is -2.23. The summed E-state index contributed by atoms with van der Waals surface area (Å²) in [5.41, 5.74) is 2.55. The van der Waals surface area contributed by atoms with Crippen molar-refractivity contribution in [3.8, 4) is 11.5 Å². The van der Waals surface area contributed by atoms with Crippen LogP contribution in [0.1, 0.15) is 12.5 Å². The minimum atomic E-state index is -0.417. The first-order valence-electron chi connectivity index (χ1n) is 10.0. The largest absolute Gasteiger partial charge is 0.493 e. The zero-order valence-electron chi connectivity index (χ0n) is 17.9. The molecule has 0 aliphatic carbocycles. The zero-order valence-corrected chi connectivity index (χ0v) is 17.9. The lowest BCUT2D eigenvalue weighted by Gasteiger charge is -2.14. The summed E-state index contributed by atoms with van der Waals surface area (Å²) in [7, 11) is 1.55. The number of rotatable bonds is 8. The molecule has 7 heteroatoms. The fraction of sp³-hybridized carbons (Fsp3) is 0.120. The molecule has 0 saturated heterocycles. The molecule has 0 saturated carbocycles. The summed E-state index contributed by atoms with van der Waals surface area (Å²) < 4.78 is 11.0. The molecule has 0 aliphatic rings. The minimum absolute atomic E-state index is 0.218. The van der Waals surface area contributed by atoms with E-state index in [1.165, 1.54) is 0 Å². The van der Waals surface area contributed by atoms with Crippen molar-refractivity contribution in [1.82, 2.24) is 0 Å². The van der Waals surface area contributed by atoms with Gasteiger partial charge in [-0.05, 0) is 48.9 Å². The van der Waals surface area contributed by atoms with Gasteiger partial charge >= 0.3 is 6.03 Å². The zero-order chi connectivity index (χ0) is 22.8. The molecule has 0 unspecified atom stereocenters. The molecule has 0 fully saturated rings. The summed E-state index contributed by atoms with van der Waals surface area (Å²) in [5.74, 6) is 0.625. The standard InChI is InChI=1S/C25H25N3O4/c1-3-9-18-14-15-22(23(16-18)31-2)32-17-24(29)27-20-12-7-8-13-21(20)28-25(30)26-19-10-5-4-6-11-19/h3-16H,17H2,1-2H3,(H,27,29)(H2,26,28,30). The topological polar surface area (TPSA) is 88.7 Å². The van der Waals surface area contributed by atoms with E-state index < -0.39 is 6.03 Å². The van der Waals surface area contributed by atoms with Gasteiger partial charge in [0, 0.05) is 5.69 Å². The number of allylic oxidation sites excluding steroid dienone is 1. The summed E-state index contributed by atoms with van der Waals surface area (Å²) in [4.78, 5) is 24.8. The maximum atomic E-state index is 12.5. The molecule has 0 radical (unpaired) electrons. The predicted molar refractivity (Wildman–Crippen MR) is 127 cm³/mol. The predicted octanol–water partition coefficient (Wildman–Crippen LogP) is 5.39. The number of anilines is 3. The molecule has 0 aromatic heterocycles. The van der Waals surface area contributed by atoms with E-state index in [9.17, 15) is 9.59 Å². The Kier molecular flexibility index (Phi) is 7.86. The highest BCUT2D eigenvalue weighted by Gasteiger charge is 2.12. The number of urea groups is 1. The van der Waals surface area contributed by atoms with Crippen LogP contribution in [0.3, 0.4) is 0 Å². The first kappa shape index (κ1) is 22.4. The smallest absolute Gasteiger partial charge is 0.323 e. The van der Waals surface area contributed by atoms with Crippen LogP contribution in [-0.2, 0) is 4.79 Å². The molecule has 0 heterocycles. The number of methoxy groups -OCH3 is 1. The molecule has 0 aliphatic heterocycles. The molecule has 32 heavy (non-hydrogen) atoms. The van der Waals surface area contributed by atoms with E-state index in [0.29, 0.717) is 28.6 Å².